The summed E-state index contributed by atoms with van der Waals surface area (Å²) in [7, 11) is 0. The van der Waals surface area contributed by atoms with Gasteiger partial charge in [-0.25, -0.2) is 0 Å². The summed E-state index contributed by atoms with van der Waals surface area (Å²) in [4.78, 5) is 24.0. The summed E-state index contributed by atoms with van der Waals surface area (Å²) >= 11 is 1.40. The number of amides is 1. The Bertz CT molecular complexity index is 1330. The average molecular weight is 467 g/mol. The van der Waals surface area contributed by atoms with Crippen LogP contribution in [0.15, 0.2) is 84.2 Å². The van der Waals surface area contributed by atoms with E-state index in [4.69, 9.17) is 10.4 Å². The Balaban J connectivity index is 1.37. The number of carboxylic acids is 1. The summed E-state index contributed by atoms with van der Waals surface area (Å²) in [6.45, 7) is 0.376. The zero-order chi connectivity index (χ0) is 23.9. The number of rotatable bonds is 8. The maximum atomic E-state index is 12.6. The molecule has 0 aliphatic heterocycles. The number of nitrogens with zero attached hydrogens (tertiary/aromatic N) is 1. The van der Waals surface area contributed by atoms with Crippen LogP contribution in [0.1, 0.15) is 26.4 Å². The normalized spacial score (nSPS) is 10.4. The van der Waals surface area contributed by atoms with Crippen molar-refractivity contribution in [1.82, 2.24) is 5.32 Å². The van der Waals surface area contributed by atoms with E-state index in [1.54, 1.807) is 12.1 Å². The van der Waals surface area contributed by atoms with Crippen molar-refractivity contribution in [2.45, 2.75) is 19.4 Å². The lowest BCUT2D eigenvalue weighted by atomic mass is 10.0. The monoisotopic (exact) mass is 466 g/mol. The maximum Gasteiger partial charge on any atom is 0.307 e. The highest BCUT2D eigenvalue weighted by Crippen LogP contribution is 2.28. The molecule has 168 valence electrons. The Kier molecular flexibility index (Phi) is 7.16. The van der Waals surface area contributed by atoms with Crippen molar-refractivity contribution in [2.75, 3.05) is 0 Å². The first-order valence-electron chi connectivity index (χ1n) is 10.7. The number of carbonyl (C=O) groups is 2. The van der Waals surface area contributed by atoms with E-state index in [1.807, 2.05) is 60.0 Å². The van der Waals surface area contributed by atoms with Crippen LogP contribution in [0.4, 0.5) is 0 Å². The molecule has 4 aromatic rings. The molecule has 5 nitrogen and oxygen atoms in total. The first-order chi connectivity index (χ1) is 16.5. The molecule has 2 N–H and O–H groups in total. The molecule has 0 spiro atoms. The minimum Gasteiger partial charge on any atom is -0.481 e. The van der Waals surface area contributed by atoms with Gasteiger partial charge in [-0.2, -0.15) is 5.26 Å². The summed E-state index contributed by atoms with van der Waals surface area (Å²) < 4.78 is 0. The molecule has 3 aromatic carbocycles. The van der Waals surface area contributed by atoms with E-state index in [0.29, 0.717) is 17.8 Å². The molecule has 4 rings (SSSR count). The molecule has 0 atom stereocenters. The number of carbonyl (C=O) groups excluding carboxylic acids is 1. The van der Waals surface area contributed by atoms with Gasteiger partial charge in [-0.15, -0.1) is 11.3 Å². The van der Waals surface area contributed by atoms with Gasteiger partial charge in [0, 0.05) is 6.54 Å². The van der Waals surface area contributed by atoms with E-state index in [0.717, 1.165) is 38.9 Å². The summed E-state index contributed by atoms with van der Waals surface area (Å²) in [5, 5.41) is 22.5. The Hall–Kier alpha value is -4.21. The highest BCUT2D eigenvalue weighted by Gasteiger charge is 2.11. The smallest absolute Gasteiger partial charge is 0.307 e. The highest BCUT2D eigenvalue weighted by molar-refractivity contribution is 7.12. The van der Waals surface area contributed by atoms with Gasteiger partial charge in [0.1, 0.15) is 0 Å². The number of nitrogens with one attached hydrogen (secondary N) is 1. The largest absolute Gasteiger partial charge is 0.481 e. The zero-order valence-corrected chi connectivity index (χ0v) is 19.1. The van der Waals surface area contributed by atoms with Gasteiger partial charge in [0.2, 0.25) is 0 Å². The van der Waals surface area contributed by atoms with Crippen molar-refractivity contribution in [2.24, 2.45) is 0 Å². The number of nitriles is 1. The van der Waals surface area contributed by atoms with E-state index in [2.05, 4.69) is 23.5 Å². The van der Waals surface area contributed by atoms with Crippen LogP contribution in [-0.4, -0.2) is 17.0 Å². The van der Waals surface area contributed by atoms with Crippen LogP contribution in [-0.2, 0) is 24.2 Å². The molecule has 0 radical (unpaired) electrons. The fourth-order valence-electron chi connectivity index (χ4n) is 3.59. The maximum absolute atomic E-state index is 12.6. The fraction of sp³-hybridized carbons (Fsp3) is 0.107. The van der Waals surface area contributed by atoms with Crippen molar-refractivity contribution >= 4 is 23.2 Å². The molecule has 1 aromatic heterocycles. The number of carboxylic acid groups (broad SMARTS) is 1. The molecule has 0 aliphatic carbocycles. The van der Waals surface area contributed by atoms with E-state index in [1.165, 1.54) is 11.3 Å². The lowest BCUT2D eigenvalue weighted by Crippen LogP contribution is -2.21. The van der Waals surface area contributed by atoms with Crippen molar-refractivity contribution < 1.29 is 14.7 Å². The first-order valence-corrected chi connectivity index (χ1v) is 11.6. The average Bonchev–Trinajstić information content (AvgIpc) is 3.34. The van der Waals surface area contributed by atoms with Gasteiger partial charge in [-0.05, 0) is 50.4 Å². The molecule has 0 saturated heterocycles. The fourth-order valence-corrected chi connectivity index (χ4v) is 4.42. The summed E-state index contributed by atoms with van der Waals surface area (Å²) in [6, 6.07) is 27.4. The third-order valence-electron chi connectivity index (χ3n) is 5.44. The summed E-state index contributed by atoms with van der Waals surface area (Å²) in [5.41, 5.74) is 6.85. The number of benzene rings is 3. The van der Waals surface area contributed by atoms with Crippen LogP contribution in [0.25, 0.3) is 22.3 Å². The number of hydrogen-bond acceptors (Lipinski definition) is 4. The minimum atomic E-state index is -0.866. The summed E-state index contributed by atoms with van der Waals surface area (Å²) in [6.07, 6.45) is 0.395. The van der Waals surface area contributed by atoms with Crippen molar-refractivity contribution in [3.05, 3.63) is 106 Å². The van der Waals surface area contributed by atoms with Gasteiger partial charge in [-0.3, -0.25) is 9.59 Å². The Morgan fingerprint density at radius 2 is 1.32 bits per heavy atom. The number of thiophene rings is 1. The third-order valence-corrected chi connectivity index (χ3v) is 6.37. The lowest BCUT2D eigenvalue weighted by Gasteiger charge is -2.05. The molecule has 0 bridgehead atoms. The number of hydrogen-bond donors (Lipinski definition) is 2. The van der Waals surface area contributed by atoms with Crippen molar-refractivity contribution in [3.8, 4) is 28.3 Å². The highest BCUT2D eigenvalue weighted by atomic mass is 32.1. The Labute approximate surface area is 201 Å². The molecule has 0 aliphatic rings. The quantitative estimate of drug-likeness (QED) is 0.348. The van der Waals surface area contributed by atoms with E-state index < -0.39 is 5.97 Å². The van der Waals surface area contributed by atoms with E-state index in [9.17, 15) is 9.59 Å². The molecule has 0 saturated carbocycles. The second-order valence-electron chi connectivity index (χ2n) is 7.88. The first kappa shape index (κ1) is 23.0. The lowest BCUT2D eigenvalue weighted by molar-refractivity contribution is -0.136. The molecule has 0 unspecified atom stereocenters. The summed E-state index contributed by atoms with van der Waals surface area (Å²) in [5.74, 6) is -1.00. The molecule has 34 heavy (non-hydrogen) atoms. The zero-order valence-electron chi connectivity index (χ0n) is 18.3. The van der Waals surface area contributed by atoms with Gasteiger partial charge >= 0.3 is 5.97 Å². The molecule has 6 heteroatoms. The third kappa shape index (κ3) is 5.77. The van der Waals surface area contributed by atoms with Gasteiger partial charge in [-0.1, -0.05) is 72.8 Å². The van der Waals surface area contributed by atoms with Crippen LogP contribution in [0.5, 0.6) is 0 Å². The molecular weight excluding hydrogens is 444 g/mol. The predicted molar refractivity (Wildman–Crippen MR) is 133 cm³/mol. The van der Waals surface area contributed by atoms with Gasteiger partial charge in [0.15, 0.2) is 0 Å². The van der Waals surface area contributed by atoms with Crippen LogP contribution in [0, 0.1) is 11.3 Å². The molecular formula is C28H22N2O3S. The molecule has 0 fully saturated rings. The van der Waals surface area contributed by atoms with Crippen LogP contribution < -0.4 is 5.32 Å². The van der Waals surface area contributed by atoms with E-state index >= 15 is 0 Å². The topological polar surface area (TPSA) is 90.2 Å². The van der Waals surface area contributed by atoms with Gasteiger partial charge in [0.05, 0.1) is 23.8 Å². The van der Waals surface area contributed by atoms with E-state index in [-0.39, 0.29) is 12.3 Å². The van der Waals surface area contributed by atoms with Crippen LogP contribution >= 0.6 is 11.3 Å². The van der Waals surface area contributed by atoms with Crippen molar-refractivity contribution in [3.63, 3.8) is 0 Å². The van der Waals surface area contributed by atoms with Gasteiger partial charge < -0.3 is 10.4 Å². The van der Waals surface area contributed by atoms with Crippen LogP contribution in [0.3, 0.4) is 0 Å². The van der Waals surface area contributed by atoms with Crippen LogP contribution in [0.2, 0.25) is 0 Å². The molecule has 1 amide bonds. The molecule has 1 heterocycles. The Morgan fingerprint density at radius 1 is 0.794 bits per heavy atom. The van der Waals surface area contributed by atoms with Gasteiger partial charge in [0.25, 0.3) is 5.91 Å². The predicted octanol–water partition coefficient (Wildman–Crippen LogP) is 5.71. The standard InChI is InChI=1S/C28H22N2O3S/c29-14-13-19-5-7-22(8-6-19)23-9-11-24(12-10-23)25-16-26(34-18-25)28(33)30-17-21-3-1-20(2-4-21)15-27(31)32/h1-12,16,18H,13,15,17H2,(H,30,33)(H,31,32). The van der Waals surface area contributed by atoms with Crippen molar-refractivity contribution in [1.29, 1.82) is 5.26 Å². The second-order valence-corrected chi connectivity index (χ2v) is 8.79. The number of aliphatic carboxylic acids is 1. The SMILES string of the molecule is N#CCc1ccc(-c2ccc(-c3csc(C(=O)NCc4ccc(CC(=O)O)cc4)c3)cc2)cc1. The Morgan fingerprint density at radius 3 is 1.91 bits per heavy atom. The minimum absolute atomic E-state index is 0.0137. The second kappa shape index (κ2) is 10.6.